The number of hydrogen-bond donors (Lipinski definition) is 1. The van der Waals surface area contributed by atoms with E-state index in [0.29, 0.717) is 22.2 Å². The van der Waals surface area contributed by atoms with Crippen molar-refractivity contribution in [1.82, 2.24) is 0 Å². The average molecular weight is 414 g/mol. The molecular weight excluding hydrogens is 395 g/mol. The predicted molar refractivity (Wildman–Crippen MR) is 100 cm³/mol. The number of hydrogen-bond acceptors (Lipinski definition) is 3. The van der Waals surface area contributed by atoms with Gasteiger partial charge in [-0.05, 0) is 55.3 Å². The third-order valence-corrected chi connectivity index (χ3v) is 5.07. The van der Waals surface area contributed by atoms with Crippen LogP contribution in [-0.2, 0) is 4.79 Å². The van der Waals surface area contributed by atoms with Gasteiger partial charge in [-0.3, -0.25) is 4.79 Å². The Labute approximate surface area is 165 Å². The summed E-state index contributed by atoms with van der Waals surface area (Å²) in [5.74, 6) is -1.70. The number of anilines is 1. The van der Waals surface area contributed by atoms with Crippen molar-refractivity contribution >= 4 is 23.3 Å². The summed E-state index contributed by atoms with van der Waals surface area (Å²) in [6.45, 7) is 1.65. The van der Waals surface area contributed by atoms with Crippen LogP contribution in [0.15, 0.2) is 42.5 Å². The highest BCUT2D eigenvalue weighted by Crippen LogP contribution is 2.40. The minimum Gasteiger partial charge on any atom is -0.481 e. The lowest BCUT2D eigenvalue weighted by Crippen LogP contribution is -2.32. The van der Waals surface area contributed by atoms with Gasteiger partial charge in [-0.2, -0.15) is 13.2 Å². The largest absolute Gasteiger partial charge is 0.481 e. The smallest absolute Gasteiger partial charge is 0.393 e. The molecule has 1 aliphatic heterocycles. The zero-order valence-electron chi connectivity index (χ0n) is 15.0. The summed E-state index contributed by atoms with van der Waals surface area (Å²) >= 11 is 6.15. The van der Waals surface area contributed by atoms with Crippen LogP contribution in [0.5, 0.6) is 11.5 Å². The van der Waals surface area contributed by atoms with E-state index in [4.69, 9.17) is 21.4 Å². The molecule has 2 aromatic rings. The van der Waals surface area contributed by atoms with Crippen molar-refractivity contribution in [3.05, 3.63) is 53.1 Å². The van der Waals surface area contributed by atoms with Gasteiger partial charge in [-0.15, -0.1) is 0 Å². The molecule has 3 rings (SSSR count). The van der Waals surface area contributed by atoms with Gasteiger partial charge < -0.3 is 14.7 Å². The standard InChI is InChI=1S/C20H19ClF3NO3/c1-12-2-7-18(17(21)8-12)28-16-5-3-14(4-6-16)25-11-13(20(22,23)24)9-15(25)10-19(26)27/h2-8,13,15H,9-11H2,1H3,(H,26,27)/t13-,15-/m0/s1. The van der Waals surface area contributed by atoms with Crippen molar-refractivity contribution in [2.75, 3.05) is 11.4 Å². The zero-order chi connectivity index (χ0) is 20.5. The molecule has 0 aliphatic carbocycles. The van der Waals surface area contributed by atoms with Gasteiger partial charge in [0.15, 0.2) is 0 Å². The highest BCUT2D eigenvalue weighted by molar-refractivity contribution is 6.32. The topological polar surface area (TPSA) is 49.8 Å². The fourth-order valence-electron chi connectivity index (χ4n) is 3.39. The Kier molecular flexibility index (Phi) is 5.74. The monoisotopic (exact) mass is 413 g/mol. The van der Waals surface area contributed by atoms with Gasteiger partial charge in [0.05, 0.1) is 17.4 Å². The molecule has 1 fully saturated rings. The molecule has 1 N–H and O–H groups in total. The molecule has 2 atom stereocenters. The van der Waals surface area contributed by atoms with Crippen molar-refractivity contribution in [2.45, 2.75) is 32.0 Å². The first-order valence-electron chi connectivity index (χ1n) is 8.72. The van der Waals surface area contributed by atoms with Crippen LogP contribution < -0.4 is 9.64 Å². The summed E-state index contributed by atoms with van der Waals surface area (Å²) in [4.78, 5) is 12.6. The van der Waals surface area contributed by atoms with E-state index in [1.54, 1.807) is 36.4 Å². The number of alkyl halides is 3. The summed E-state index contributed by atoms with van der Waals surface area (Å²) in [5.41, 5.74) is 1.52. The highest BCUT2D eigenvalue weighted by atomic mass is 35.5. The molecular formula is C20H19ClF3NO3. The molecule has 0 spiro atoms. The van der Waals surface area contributed by atoms with Crippen LogP contribution in [0, 0.1) is 12.8 Å². The maximum Gasteiger partial charge on any atom is 0.393 e. The maximum atomic E-state index is 13.1. The number of carboxylic acid groups (broad SMARTS) is 1. The predicted octanol–water partition coefficient (Wildman–Crippen LogP) is 5.67. The number of aliphatic carboxylic acids is 1. The molecule has 2 aromatic carbocycles. The van der Waals surface area contributed by atoms with Gasteiger partial charge in [0, 0.05) is 18.3 Å². The molecule has 0 unspecified atom stereocenters. The van der Waals surface area contributed by atoms with Crippen LogP contribution in [0.3, 0.4) is 0 Å². The van der Waals surface area contributed by atoms with Gasteiger partial charge in [-0.25, -0.2) is 0 Å². The summed E-state index contributed by atoms with van der Waals surface area (Å²) in [7, 11) is 0. The molecule has 1 aliphatic rings. The van der Waals surface area contributed by atoms with Crippen molar-refractivity contribution in [1.29, 1.82) is 0 Å². The summed E-state index contributed by atoms with van der Waals surface area (Å²) < 4.78 is 45.1. The lowest BCUT2D eigenvalue weighted by atomic mass is 10.0. The summed E-state index contributed by atoms with van der Waals surface area (Å²) in [6.07, 6.45) is -4.92. The zero-order valence-corrected chi connectivity index (χ0v) is 15.8. The van der Waals surface area contributed by atoms with E-state index in [2.05, 4.69) is 0 Å². The quantitative estimate of drug-likeness (QED) is 0.685. The van der Waals surface area contributed by atoms with Gasteiger partial charge in [0.2, 0.25) is 0 Å². The van der Waals surface area contributed by atoms with E-state index >= 15 is 0 Å². The van der Waals surface area contributed by atoms with Crippen LogP contribution in [-0.4, -0.2) is 29.8 Å². The molecule has 28 heavy (non-hydrogen) atoms. The number of ether oxygens (including phenoxy) is 1. The minimum atomic E-state index is -4.35. The lowest BCUT2D eigenvalue weighted by molar-refractivity contribution is -0.169. The number of rotatable bonds is 5. The van der Waals surface area contributed by atoms with E-state index in [-0.39, 0.29) is 19.4 Å². The Balaban J connectivity index is 1.77. The van der Waals surface area contributed by atoms with Crippen molar-refractivity contribution in [2.24, 2.45) is 5.92 Å². The van der Waals surface area contributed by atoms with Crippen molar-refractivity contribution in [3.63, 3.8) is 0 Å². The van der Waals surface area contributed by atoms with Crippen LogP contribution in [0.4, 0.5) is 18.9 Å². The minimum absolute atomic E-state index is 0.229. The fraction of sp³-hybridized carbons (Fsp3) is 0.350. The first-order chi connectivity index (χ1) is 13.1. The van der Waals surface area contributed by atoms with Gasteiger partial charge in [0.1, 0.15) is 11.5 Å². The summed E-state index contributed by atoms with van der Waals surface area (Å²) in [6, 6.07) is 11.2. The Hall–Kier alpha value is -2.41. The Bertz CT molecular complexity index is 855. The Morgan fingerprint density at radius 2 is 1.93 bits per heavy atom. The van der Waals surface area contributed by atoms with Crippen LogP contribution in [0.2, 0.25) is 5.02 Å². The number of carbonyl (C=O) groups is 1. The molecule has 0 radical (unpaired) electrons. The number of aryl methyl sites for hydroxylation is 1. The third kappa shape index (κ3) is 4.70. The molecule has 8 heteroatoms. The molecule has 150 valence electrons. The molecule has 0 amide bonds. The Morgan fingerprint density at radius 1 is 1.25 bits per heavy atom. The maximum absolute atomic E-state index is 13.1. The second kappa shape index (κ2) is 7.91. The summed E-state index contributed by atoms with van der Waals surface area (Å²) in [5, 5.41) is 9.50. The number of benzene rings is 2. The van der Waals surface area contributed by atoms with Crippen LogP contribution >= 0.6 is 11.6 Å². The number of nitrogens with zero attached hydrogens (tertiary/aromatic N) is 1. The first-order valence-corrected chi connectivity index (χ1v) is 9.10. The van der Waals surface area contributed by atoms with Crippen LogP contribution in [0.25, 0.3) is 0 Å². The van der Waals surface area contributed by atoms with Gasteiger partial charge >= 0.3 is 12.1 Å². The van der Waals surface area contributed by atoms with E-state index in [1.165, 1.54) is 4.90 Å². The van der Waals surface area contributed by atoms with Gasteiger partial charge in [-0.1, -0.05) is 17.7 Å². The Morgan fingerprint density at radius 3 is 2.50 bits per heavy atom. The lowest BCUT2D eigenvalue weighted by Gasteiger charge is -2.26. The first kappa shape index (κ1) is 20.3. The molecule has 1 heterocycles. The fourth-order valence-corrected chi connectivity index (χ4v) is 3.66. The van der Waals surface area contributed by atoms with E-state index in [9.17, 15) is 18.0 Å². The second-order valence-corrected chi connectivity index (χ2v) is 7.32. The second-order valence-electron chi connectivity index (χ2n) is 6.91. The van der Waals surface area contributed by atoms with Gasteiger partial charge in [0.25, 0.3) is 0 Å². The van der Waals surface area contributed by atoms with Crippen molar-refractivity contribution in [3.8, 4) is 11.5 Å². The molecule has 0 saturated carbocycles. The molecule has 4 nitrogen and oxygen atoms in total. The number of carboxylic acids is 1. The molecule has 1 saturated heterocycles. The normalized spacial score (nSPS) is 19.7. The average Bonchev–Trinajstić information content (AvgIpc) is 3.01. The van der Waals surface area contributed by atoms with Crippen molar-refractivity contribution < 1.29 is 27.8 Å². The molecule has 0 bridgehead atoms. The van der Waals surface area contributed by atoms with E-state index in [0.717, 1.165) is 5.56 Å². The van der Waals surface area contributed by atoms with Crippen LogP contribution in [0.1, 0.15) is 18.4 Å². The number of halogens is 4. The third-order valence-electron chi connectivity index (χ3n) is 4.77. The molecule has 0 aromatic heterocycles. The highest BCUT2D eigenvalue weighted by Gasteiger charge is 2.47. The van der Waals surface area contributed by atoms with E-state index in [1.807, 2.05) is 13.0 Å². The van der Waals surface area contributed by atoms with E-state index < -0.39 is 24.1 Å². The SMILES string of the molecule is Cc1ccc(Oc2ccc(N3C[C@@H](C(F)(F)F)C[C@H]3CC(=O)O)cc2)c(Cl)c1.